The summed E-state index contributed by atoms with van der Waals surface area (Å²) in [5.41, 5.74) is 1.64. The minimum absolute atomic E-state index is 0.112. The van der Waals surface area contributed by atoms with Crippen LogP contribution in [0.2, 0.25) is 36.0 Å². The zero-order chi connectivity index (χ0) is 20.3. The largest absolute Gasteiger partial charge is 0.469 e. The van der Waals surface area contributed by atoms with Crippen molar-refractivity contribution in [3.8, 4) is 5.88 Å². The highest BCUT2D eigenvalue weighted by Crippen LogP contribution is 2.35. The third-order valence-corrected chi connectivity index (χ3v) is 6.55. The third kappa shape index (κ3) is 5.26. The number of fused-ring (bicyclic) bond motifs is 1. The Balaban J connectivity index is 1.83. The van der Waals surface area contributed by atoms with Crippen LogP contribution in [0.4, 0.5) is 0 Å². The predicted octanol–water partition coefficient (Wildman–Crippen LogP) is 6.19. The van der Waals surface area contributed by atoms with Crippen LogP contribution in [0, 0.1) is 0 Å². The molecule has 0 N–H and O–H groups in total. The van der Waals surface area contributed by atoms with Crippen LogP contribution in [0.25, 0.3) is 11.0 Å². The van der Waals surface area contributed by atoms with E-state index in [2.05, 4.69) is 29.6 Å². The van der Waals surface area contributed by atoms with Crippen LogP contribution in [0.1, 0.15) is 18.6 Å². The fraction of sp³-hybridized carbons (Fsp3) is 0.400. The second-order valence-electron chi connectivity index (χ2n) is 7.96. The zero-order valence-corrected chi connectivity index (χ0v) is 19.1. The van der Waals surface area contributed by atoms with Crippen molar-refractivity contribution in [2.75, 3.05) is 6.61 Å². The monoisotopic (exact) mass is 437 g/mol. The zero-order valence-electron chi connectivity index (χ0n) is 16.6. The molecule has 2 heterocycles. The first kappa shape index (κ1) is 21.1. The second-order valence-corrected chi connectivity index (χ2v) is 14.3. The van der Waals surface area contributed by atoms with Gasteiger partial charge in [-0.2, -0.15) is 9.97 Å². The predicted molar refractivity (Wildman–Crippen MR) is 117 cm³/mol. The number of aromatic nitrogens is 3. The maximum Gasteiger partial charge on any atom is 0.229 e. The fourth-order valence-electron chi connectivity index (χ4n) is 2.77. The summed E-state index contributed by atoms with van der Waals surface area (Å²) in [5, 5.41) is 1.26. The first-order chi connectivity index (χ1) is 13.2. The molecule has 0 bridgehead atoms. The van der Waals surface area contributed by atoms with Gasteiger partial charge in [0.1, 0.15) is 12.8 Å². The van der Waals surface area contributed by atoms with Crippen molar-refractivity contribution in [2.45, 2.75) is 45.4 Å². The van der Waals surface area contributed by atoms with Gasteiger partial charge in [-0.1, -0.05) is 61.6 Å². The Morgan fingerprint density at radius 1 is 1.11 bits per heavy atom. The molecule has 3 rings (SSSR count). The molecule has 1 atom stereocenters. The molecule has 150 valence electrons. The van der Waals surface area contributed by atoms with Gasteiger partial charge in [0.2, 0.25) is 11.2 Å². The van der Waals surface area contributed by atoms with Crippen molar-refractivity contribution in [2.24, 2.45) is 0 Å². The molecule has 2 aromatic heterocycles. The smallest absolute Gasteiger partial charge is 0.229 e. The van der Waals surface area contributed by atoms with Crippen LogP contribution >= 0.6 is 23.2 Å². The minimum Gasteiger partial charge on any atom is -0.469 e. The number of rotatable bonds is 8. The number of ether oxygens (including phenoxy) is 2. The van der Waals surface area contributed by atoms with Gasteiger partial charge in [-0.25, -0.2) is 0 Å². The van der Waals surface area contributed by atoms with Crippen LogP contribution < -0.4 is 4.74 Å². The molecule has 0 saturated carbocycles. The molecule has 0 spiro atoms. The third-order valence-electron chi connectivity index (χ3n) is 4.39. The van der Waals surface area contributed by atoms with Crippen LogP contribution in [0.3, 0.4) is 0 Å². The summed E-state index contributed by atoms with van der Waals surface area (Å²) in [7, 11) is -1.14. The number of hydrogen-bond donors (Lipinski definition) is 0. The van der Waals surface area contributed by atoms with Gasteiger partial charge in [-0.15, -0.1) is 0 Å². The molecule has 0 aliphatic rings. The summed E-state index contributed by atoms with van der Waals surface area (Å²) in [5.74, 6) is 0.372. The van der Waals surface area contributed by atoms with E-state index in [0.29, 0.717) is 35.3 Å². The van der Waals surface area contributed by atoms with Crippen molar-refractivity contribution in [1.82, 2.24) is 14.5 Å². The SMILES string of the molecule is CC(Oc1nc(Cl)nc2c1c(Cl)cn2COCC[Si](C)(C)C)c1ccccc1. The quantitative estimate of drug-likeness (QED) is 0.239. The van der Waals surface area contributed by atoms with Gasteiger partial charge in [-0.3, -0.25) is 0 Å². The number of halogens is 2. The Morgan fingerprint density at radius 2 is 1.82 bits per heavy atom. The number of nitrogens with zero attached hydrogens (tertiary/aromatic N) is 3. The van der Waals surface area contributed by atoms with E-state index in [1.807, 2.05) is 41.8 Å². The molecule has 0 amide bonds. The topological polar surface area (TPSA) is 49.2 Å². The summed E-state index contributed by atoms with van der Waals surface area (Å²) >= 11 is 12.6. The summed E-state index contributed by atoms with van der Waals surface area (Å²) in [6.07, 6.45) is 1.58. The molecule has 1 aromatic carbocycles. The van der Waals surface area contributed by atoms with Crippen LogP contribution in [0.5, 0.6) is 5.88 Å². The molecule has 28 heavy (non-hydrogen) atoms. The molecule has 3 aromatic rings. The molecule has 5 nitrogen and oxygen atoms in total. The first-order valence-corrected chi connectivity index (χ1v) is 13.7. The maximum atomic E-state index is 6.48. The van der Waals surface area contributed by atoms with Crippen LogP contribution in [-0.2, 0) is 11.5 Å². The van der Waals surface area contributed by atoms with Crippen LogP contribution in [-0.4, -0.2) is 29.2 Å². The molecule has 0 fully saturated rings. The van der Waals surface area contributed by atoms with E-state index < -0.39 is 8.07 Å². The molecular weight excluding hydrogens is 413 g/mol. The Kier molecular flexibility index (Phi) is 6.65. The van der Waals surface area contributed by atoms with Gasteiger partial charge in [0.05, 0.1) is 10.4 Å². The lowest BCUT2D eigenvalue weighted by molar-refractivity contribution is 0.0898. The van der Waals surface area contributed by atoms with E-state index in [4.69, 9.17) is 32.7 Å². The van der Waals surface area contributed by atoms with Gasteiger partial charge in [0.25, 0.3) is 0 Å². The van der Waals surface area contributed by atoms with Gasteiger partial charge in [-0.05, 0) is 30.1 Å². The van der Waals surface area contributed by atoms with E-state index in [1.165, 1.54) is 0 Å². The molecule has 1 unspecified atom stereocenters. The minimum atomic E-state index is -1.14. The van der Waals surface area contributed by atoms with E-state index in [-0.39, 0.29) is 11.4 Å². The van der Waals surface area contributed by atoms with E-state index >= 15 is 0 Å². The Bertz CT molecular complexity index is 942. The number of hydrogen-bond acceptors (Lipinski definition) is 4. The summed E-state index contributed by atoms with van der Waals surface area (Å²) < 4.78 is 13.8. The standard InChI is InChI=1S/C20H25Cl2N3O2Si/c1-14(15-8-6-5-7-9-15)27-19-17-16(21)12-25(18(17)23-20(22)24-19)13-26-10-11-28(2,3)4/h5-9,12,14H,10-11,13H2,1-4H3. The lowest BCUT2D eigenvalue weighted by atomic mass is 10.1. The highest BCUT2D eigenvalue weighted by atomic mass is 35.5. The van der Waals surface area contributed by atoms with E-state index in [0.717, 1.165) is 11.6 Å². The van der Waals surface area contributed by atoms with E-state index in [1.54, 1.807) is 6.20 Å². The van der Waals surface area contributed by atoms with Crippen molar-refractivity contribution >= 4 is 42.3 Å². The lowest BCUT2D eigenvalue weighted by Crippen LogP contribution is -2.22. The Hall–Kier alpha value is -1.60. The average molecular weight is 438 g/mol. The fourth-order valence-corrected chi connectivity index (χ4v) is 3.96. The number of benzene rings is 1. The summed E-state index contributed by atoms with van der Waals surface area (Å²) in [6, 6.07) is 11.0. The first-order valence-electron chi connectivity index (χ1n) is 9.26. The highest BCUT2D eigenvalue weighted by Gasteiger charge is 2.19. The molecule has 0 radical (unpaired) electrons. The highest BCUT2D eigenvalue weighted by molar-refractivity contribution is 6.76. The van der Waals surface area contributed by atoms with Crippen LogP contribution in [0.15, 0.2) is 36.5 Å². The maximum absolute atomic E-state index is 6.48. The lowest BCUT2D eigenvalue weighted by Gasteiger charge is -2.16. The van der Waals surface area contributed by atoms with Gasteiger partial charge < -0.3 is 14.0 Å². The van der Waals surface area contributed by atoms with Crippen molar-refractivity contribution in [3.63, 3.8) is 0 Å². The Morgan fingerprint density at radius 3 is 2.50 bits per heavy atom. The summed E-state index contributed by atoms with van der Waals surface area (Å²) in [4.78, 5) is 8.61. The molecule has 0 saturated heterocycles. The second kappa shape index (κ2) is 8.82. The van der Waals surface area contributed by atoms with Gasteiger partial charge in [0.15, 0.2) is 5.65 Å². The molecular formula is C20H25Cl2N3O2Si. The Labute approximate surface area is 176 Å². The normalized spacial score (nSPS) is 13.1. The van der Waals surface area contributed by atoms with Crippen molar-refractivity contribution in [3.05, 3.63) is 52.4 Å². The average Bonchev–Trinajstić information content (AvgIpc) is 2.94. The van der Waals surface area contributed by atoms with Gasteiger partial charge >= 0.3 is 0 Å². The van der Waals surface area contributed by atoms with Crippen molar-refractivity contribution < 1.29 is 9.47 Å². The molecule has 8 heteroatoms. The molecule has 0 aliphatic heterocycles. The van der Waals surface area contributed by atoms with E-state index in [9.17, 15) is 0 Å². The summed E-state index contributed by atoms with van der Waals surface area (Å²) in [6.45, 7) is 9.99. The van der Waals surface area contributed by atoms with Crippen molar-refractivity contribution in [1.29, 1.82) is 0 Å². The van der Waals surface area contributed by atoms with Gasteiger partial charge in [0, 0.05) is 20.9 Å². The molecule has 0 aliphatic carbocycles.